The van der Waals surface area contributed by atoms with Gasteiger partial charge in [0, 0.05) is 18.4 Å². The number of amides is 1. The highest BCUT2D eigenvalue weighted by molar-refractivity contribution is 5.94. The van der Waals surface area contributed by atoms with Gasteiger partial charge >= 0.3 is 0 Å². The third kappa shape index (κ3) is 4.55. The molecule has 0 aliphatic heterocycles. The summed E-state index contributed by atoms with van der Waals surface area (Å²) in [6, 6.07) is 6.12. The fourth-order valence-corrected chi connectivity index (χ4v) is 2.55. The molecule has 4 heteroatoms. The second kappa shape index (κ2) is 7.27. The molecule has 1 aromatic heterocycles. The molecule has 0 radical (unpaired) electrons. The third-order valence-electron chi connectivity index (χ3n) is 3.62. The Hall–Kier alpha value is -2.36. The molecule has 0 aliphatic carbocycles. The molecule has 1 aromatic carbocycles. The lowest BCUT2D eigenvalue weighted by Gasteiger charge is -2.14. The summed E-state index contributed by atoms with van der Waals surface area (Å²) in [6.07, 6.45) is 3.33. The average molecular weight is 311 g/mol. The number of hydrogen-bond donors (Lipinski definition) is 2. The molecule has 0 spiro atoms. The van der Waals surface area contributed by atoms with Gasteiger partial charge in [-0.05, 0) is 43.9 Å². The number of benzene rings is 1. The molecule has 0 unspecified atom stereocenters. The molecular weight excluding hydrogens is 286 g/mol. The van der Waals surface area contributed by atoms with Crippen molar-refractivity contribution >= 4 is 17.3 Å². The molecule has 2 N–H and O–H groups in total. The number of anilines is 2. The van der Waals surface area contributed by atoms with E-state index >= 15 is 0 Å². The molecule has 122 valence electrons. The molecule has 1 amide bonds. The van der Waals surface area contributed by atoms with Gasteiger partial charge in [-0.2, -0.15) is 0 Å². The van der Waals surface area contributed by atoms with Gasteiger partial charge in [-0.1, -0.05) is 31.5 Å². The first-order chi connectivity index (χ1) is 10.9. The SMILES string of the molecule is Cc1cc(C)c(Nc2cncc(C(=O)NCC(C)C)c2)c(C)c1. The maximum atomic E-state index is 12.2. The van der Waals surface area contributed by atoms with Gasteiger partial charge in [0.1, 0.15) is 0 Å². The number of nitrogens with zero attached hydrogens (tertiary/aromatic N) is 1. The van der Waals surface area contributed by atoms with Crippen LogP contribution in [0.1, 0.15) is 40.9 Å². The Bertz CT molecular complexity index is 685. The highest BCUT2D eigenvalue weighted by Gasteiger charge is 2.09. The molecule has 0 aliphatic rings. The monoisotopic (exact) mass is 311 g/mol. The predicted molar refractivity (Wildman–Crippen MR) is 95.3 cm³/mol. The van der Waals surface area contributed by atoms with Crippen molar-refractivity contribution in [3.05, 3.63) is 52.8 Å². The lowest BCUT2D eigenvalue weighted by atomic mass is 10.0. The van der Waals surface area contributed by atoms with Crippen LogP contribution in [0.3, 0.4) is 0 Å². The van der Waals surface area contributed by atoms with Crippen LogP contribution < -0.4 is 10.6 Å². The molecule has 1 heterocycles. The molecule has 0 atom stereocenters. The van der Waals surface area contributed by atoms with Gasteiger partial charge in [-0.3, -0.25) is 9.78 Å². The van der Waals surface area contributed by atoms with Crippen LogP contribution in [0.25, 0.3) is 0 Å². The van der Waals surface area contributed by atoms with Crippen molar-refractivity contribution < 1.29 is 4.79 Å². The molecule has 0 bridgehead atoms. The summed E-state index contributed by atoms with van der Waals surface area (Å²) in [5.74, 6) is 0.332. The Morgan fingerprint density at radius 3 is 2.35 bits per heavy atom. The minimum absolute atomic E-state index is 0.0906. The number of hydrogen-bond acceptors (Lipinski definition) is 3. The van der Waals surface area contributed by atoms with Crippen LogP contribution in [-0.2, 0) is 0 Å². The van der Waals surface area contributed by atoms with Gasteiger partial charge in [0.2, 0.25) is 0 Å². The molecule has 0 saturated carbocycles. The fraction of sp³-hybridized carbons (Fsp3) is 0.368. The highest BCUT2D eigenvalue weighted by atomic mass is 16.1. The number of nitrogens with one attached hydrogen (secondary N) is 2. The van der Waals surface area contributed by atoms with Gasteiger partial charge in [-0.25, -0.2) is 0 Å². The number of aryl methyl sites for hydroxylation is 3. The Kier molecular flexibility index (Phi) is 5.37. The minimum Gasteiger partial charge on any atom is -0.354 e. The van der Waals surface area contributed by atoms with E-state index in [1.807, 2.05) is 6.07 Å². The fourth-order valence-electron chi connectivity index (χ4n) is 2.55. The summed E-state index contributed by atoms with van der Waals surface area (Å²) >= 11 is 0. The topological polar surface area (TPSA) is 54.0 Å². The van der Waals surface area contributed by atoms with Crippen molar-refractivity contribution in [2.45, 2.75) is 34.6 Å². The summed E-state index contributed by atoms with van der Waals surface area (Å²) in [6.45, 7) is 11.0. The maximum Gasteiger partial charge on any atom is 0.252 e. The van der Waals surface area contributed by atoms with Crippen molar-refractivity contribution in [3.63, 3.8) is 0 Å². The zero-order valence-corrected chi connectivity index (χ0v) is 14.5. The van der Waals surface area contributed by atoms with E-state index in [1.54, 1.807) is 12.4 Å². The molecular formula is C19H25N3O. The molecule has 0 fully saturated rings. The van der Waals surface area contributed by atoms with E-state index in [0.717, 1.165) is 11.4 Å². The molecule has 4 nitrogen and oxygen atoms in total. The smallest absolute Gasteiger partial charge is 0.252 e. The van der Waals surface area contributed by atoms with Gasteiger partial charge in [0.15, 0.2) is 0 Å². The van der Waals surface area contributed by atoms with Crippen LogP contribution in [0.5, 0.6) is 0 Å². The summed E-state index contributed by atoms with van der Waals surface area (Å²) in [7, 11) is 0. The first-order valence-corrected chi connectivity index (χ1v) is 7.95. The van der Waals surface area contributed by atoms with Crippen molar-refractivity contribution in [2.75, 3.05) is 11.9 Å². The second-order valence-electron chi connectivity index (χ2n) is 6.46. The first kappa shape index (κ1) is 17.0. The van der Waals surface area contributed by atoms with Gasteiger partial charge < -0.3 is 10.6 Å². The quantitative estimate of drug-likeness (QED) is 0.872. The maximum absolute atomic E-state index is 12.2. The van der Waals surface area contributed by atoms with Gasteiger partial charge in [-0.15, -0.1) is 0 Å². The zero-order valence-electron chi connectivity index (χ0n) is 14.5. The number of carbonyl (C=O) groups excluding carboxylic acids is 1. The van der Waals surface area contributed by atoms with Crippen molar-refractivity contribution in [1.82, 2.24) is 10.3 Å². The van der Waals surface area contributed by atoms with Crippen LogP contribution in [-0.4, -0.2) is 17.4 Å². The van der Waals surface area contributed by atoms with E-state index < -0.39 is 0 Å². The van der Waals surface area contributed by atoms with E-state index in [-0.39, 0.29) is 5.91 Å². The van der Waals surface area contributed by atoms with Crippen LogP contribution in [0.2, 0.25) is 0 Å². The lowest BCUT2D eigenvalue weighted by Crippen LogP contribution is -2.27. The molecule has 23 heavy (non-hydrogen) atoms. The summed E-state index contributed by atoms with van der Waals surface area (Å²) in [5.41, 5.74) is 6.05. The van der Waals surface area contributed by atoms with Crippen molar-refractivity contribution in [2.24, 2.45) is 5.92 Å². The standard InChI is InChI=1S/C19H25N3O/c1-12(2)9-21-19(23)16-8-17(11-20-10-16)22-18-14(4)6-13(3)7-15(18)5/h6-8,10-12,22H,9H2,1-5H3,(H,21,23). The minimum atomic E-state index is -0.0906. The summed E-state index contributed by atoms with van der Waals surface area (Å²) < 4.78 is 0. The number of carbonyl (C=O) groups is 1. The Balaban J connectivity index is 2.19. The molecule has 0 saturated heterocycles. The normalized spacial score (nSPS) is 10.7. The second-order valence-corrected chi connectivity index (χ2v) is 6.46. The summed E-state index contributed by atoms with van der Waals surface area (Å²) in [5, 5.41) is 6.30. The Morgan fingerprint density at radius 1 is 1.09 bits per heavy atom. The number of pyridine rings is 1. The van der Waals surface area contributed by atoms with Crippen LogP contribution in [0.4, 0.5) is 11.4 Å². The Labute approximate surface area is 138 Å². The van der Waals surface area contributed by atoms with E-state index in [0.29, 0.717) is 18.0 Å². The summed E-state index contributed by atoms with van der Waals surface area (Å²) in [4.78, 5) is 16.3. The van der Waals surface area contributed by atoms with Gasteiger partial charge in [0.05, 0.1) is 17.4 Å². The average Bonchev–Trinajstić information content (AvgIpc) is 2.48. The van der Waals surface area contributed by atoms with E-state index in [1.165, 1.54) is 16.7 Å². The zero-order chi connectivity index (χ0) is 17.0. The lowest BCUT2D eigenvalue weighted by molar-refractivity contribution is 0.0948. The Morgan fingerprint density at radius 2 is 1.74 bits per heavy atom. The van der Waals surface area contributed by atoms with Crippen molar-refractivity contribution in [1.29, 1.82) is 0 Å². The third-order valence-corrected chi connectivity index (χ3v) is 3.62. The highest BCUT2D eigenvalue weighted by Crippen LogP contribution is 2.25. The largest absolute Gasteiger partial charge is 0.354 e. The number of aromatic nitrogens is 1. The molecule has 2 rings (SSSR count). The van der Waals surface area contributed by atoms with Crippen LogP contribution >= 0.6 is 0 Å². The molecule has 2 aromatic rings. The van der Waals surface area contributed by atoms with Crippen molar-refractivity contribution in [3.8, 4) is 0 Å². The number of rotatable bonds is 5. The first-order valence-electron chi connectivity index (χ1n) is 7.95. The van der Waals surface area contributed by atoms with Crippen LogP contribution in [0, 0.1) is 26.7 Å². The van der Waals surface area contributed by atoms with E-state index in [4.69, 9.17) is 0 Å². The van der Waals surface area contributed by atoms with Crippen LogP contribution in [0.15, 0.2) is 30.6 Å². The van der Waals surface area contributed by atoms with E-state index in [9.17, 15) is 4.79 Å². The predicted octanol–water partition coefficient (Wildman–Crippen LogP) is 4.14. The van der Waals surface area contributed by atoms with Gasteiger partial charge in [0.25, 0.3) is 5.91 Å². The van der Waals surface area contributed by atoms with E-state index in [2.05, 4.69) is 62.4 Å².